The van der Waals surface area contributed by atoms with Crippen molar-refractivity contribution in [1.29, 1.82) is 0 Å². The third-order valence-corrected chi connectivity index (χ3v) is 4.71. The number of nitrogens with one attached hydrogen (secondary N) is 1. The number of fused-ring (bicyclic) bond motifs is 1. The number of benzene rings is 2. The molecule has 0 aromatic heterocycles. The Morgan fingerprint density at radius 2 is 1.83 bits per heavy atom. The molecule has 0 spiro atoms. The van der Waals surface area contributed by atoms with E-state index >= 15 is 0 Å². The molecule has 1 aliphatic heterocycles. The van der Waals surface area contributed by atoms with Crippen molar-refractivity contribution >= 4 is 35.0 Å². The van der Waals surface area contributed by atoms with Crippen LogP contribution in [0, 0.1) is 0 Å². The second-order valence-electron chi connectivity index (χ2n) is 5.31. The van der Waals surface area contributed by atoms with Crippen LogP contribution in [0.3, 0.4) is 0 Å². The summed E-state index contributed by atoms with van der Waals surface area (Å²) in [4.78, 5) is 13.2. The van der Waals surface area contributed by atoms with E-state index < -0.39 is 0 Å². The predicted molar refractivity (Wildman–Crippen MR) is 97.5 cm³/mol. The zero-order valence-corrected chi connectivity index (χ0v) is 14.7. The second kappa shape index (κ2) is 8.31. The Morgan fingerprint density at radius 3 is 2.62 bits per heavy atom. The Kier molecular flexibility index (Phi) is 5.88. The lowest BCUT2D eigenvalue weighted by Gasteiger charge is -2.10. The van der Waals surface area contributed by atoms with Crippen molar-refractivity contribution in [3.8, 4) is 11.5 Å². The monoisotopic (exact) mass is 363 g/mol. The number of halogens is 1. The van der Waals surface area contributed by atoms with Gasteiger partial charge in [0, 0.05) is 40.3 Å². The van der Waals surface area contributed by atoms with E-state index in [0.717, 1.165) is 22.8 Å². The van der Waals surface area contributed by atoms with Crippen LogP contribution in [0.15, 0.2) is 47.4 Å². The largest absolute Gasteiger partial charge is 0.490 e. The van der Waals surface area contributed by atoms with E-state index in [-0.39, 0.29) is 5.91 Å². The van der Waals surface area contributed by atoms with Crippen molar-refractivity contribution < 1.29 is 14.3 Å². The van der Waals surface area contributed by atoms with Crippen molar-refractivity contribution in [2.75, 3.05) is 24.3 Å². The highest BCUT2D eigenvalue weighted by atomic mass is 35.5. The topological polar surface area (TPSA) is 47.6 Å². The molecule has 1 N–H and O–H groups in total. The minimum Gasteiger partial charge on any atom is -0.490 e. The van der Waals surface area contributed by atoms with E-state index in [1.807, 2.05) is 42.5 Å². The summed E-state index contributed by atoms with van der Waals surface area (Å²) in [6.07, 6.45) is 1.29. The zero-order valence-electron chi connectivity index (χ0n) is 13.1. The number of rotatable bonds is 5. The standard InChI is InChI=1S/C18H18ClNO3S/c19-13-2-5-15(6-3-13)24-11-8-18(21)20-14-4-7-16-17(12-14)23-10-1-9-22-16/h2-7,12H,1,8-11H2,(H,20,21). The number of carbonyl (C=O) groups is 1. The van der Waals surface area contributed by atoms with Crippen molar-refractivity contribution in [2.24, 2.45) is 0 Å². The quantitative estimate of drug-likeness (QED) is 0.787. The van der Waals surface area contributed by atoms with E-state index in [4.69, 9.17) is 21.1 Å². The van der Waals surface area contributed by atoms with Gasteiger partial charge in [-0.15, -0.1) is 11.8 Å². The summed E-state index contributed by atoms with van der Waals surface area (Å²) in [6, 6.07) is 13.1. The molecule has 0 atom stereocenters. The highest BCUT2D eigenvalue weighted by Crippen LogP contribution is 2.32. The fourth-order valence-electron chi connectivity index (χ4n) is 2.26. The van der Waals surface area contributed by atoms with Gasteiger partial charge in [-0.3, -0.25) is 4.79 Å². The molecule has 0 unspecified atom stereocenters. The molecule has 3 rings (SSSR count). The molecule has 1 heterocycles. The molecule has 126 valence electrons. The maximum Gasteiger partial charge on any atom is 0.225 e. The van der Waals surface area contributed by atoms with Gasteiger partial charge in [-0.25, -0.2) is 0 Å². The van der Waals surface area contributed by atoms with Gasteiger partial charge in [0.1, 0.15) is 0 Å². The molecule has 24 heavy (non-hydrogen) atoms. The maximum absolute atomic E-state index is 12.1. The molecule has 2 aromatic rings. The van der Waals surface area contributed by atoms with Gasteiger partial charge in [0.25, 0.3) is 0 Å². The van der Waals surface area contributed by atoms with Gasteiger partial charge in [-0.1, -0.05) is 11.6 Å². The van der Waals surface area contributed by atoms with Crippen LogP contribution in [0.1, 0.15) is 12.8 Å². The molecule has 4 nitrogen and oxygen atoms in total. The van der Waals surface area contributed by atoms with Gasteiger partial charge < -0.3 is 14.8 Å². The van der Waals surface area contributed by atoms with Gasteiger partial charge in [0.2, 0.25) is 5.91 Å². The highest BCUT2D eigenvalue weighted by molar-refractivity contribution is 7.99. The Bertz CT molecular complexity index is 706. The summed E-state index contributed by atoms with van der Waals surface area (Å²) >= 11 is 7.48. The van der Waals surface area contributed by atoms with Crippen molar-refractivity contribution in [2.45, 2.75) is 17.7 Å². The van der Waals surface area contributed by atoms with Crippen LogP contribution in [0.5, 0.6) is 11.5 Å². The first kappa shape index (κ1) is 17.0. The van der Waals surface area contributed by atoms with Crippen LogP contribution in [0.25, 0.3) is 0 Å². The number of hydrogen-bond acceptors (Lipinski definition) is 4. The number of hydrogen-bond donors (Lipinski definition) is 1. The van der Waals surface area contributed by atoms with Crippen LogP contribution in [-0.4, -0.2) is 24.9 Å². The molecule has 1 amide bonds. The molecule has 0 fully saturated rings. The summed E-state index contributed by atoms with van der Waals surface area (Å²) < 4.78 is 11.2. The van der Waals surface area contributed by atoms with Gasteiger partial charge in [-0.2, -0.15) is 0 Å². The van der Waals surface area contributed by atoms with Gasteiger partial charge in [-0.05, 0) is 36.4 Å². The Labute approximate surface area is 150 Å². The van der Waals surface area contributed by atoms with Crippen LogP contribution in [0.4, 0.5) is 5.69 Å². The molecule has 6 heteroatoms. The third kappa shape index (κ3) is 4.82. The third-order valence-electron chi connectivity index (χ3n) is 3.44. The van der Waals surface area contributed by atoms with Gasteiger partial charge >= 0.3 is 0 Å². The Morgan fingerprint density at radius 1 is 1.08 bits per heavy atom. The summed E-state index contributed by atoms with van der Waals surface area (Å²) in [5, 5.41) is 3.61. The molecule has 1 aliphatic rings. The summed E-state index contributed by atoms with van der Waals surface area (Å²) in [5.74, 6) is 2.09. The minimum absolute atomic E-state index is 0.0223. The van der Waals surface area contributed by atoms with Crippen LogP contribution in [-0.2, 0) is 4.79 Å². The van der Waals surface area contributed by atoms with E-state index in [1.54, 1.807) is 11.8 Å². The van der Waals surface area contributed by atoms with E-state index in [1.165, 1.54) is 0 Å². The first-order valence-corrected chi connectivity index (χ1v) is 9.15. The molecule has 0 saturated carbocycles. The maximum atomic E-state index is 12.1. The lowest BCUT2D eigenvalue weighted by molar-refractivity contribution is -0.115. The zero-order chi connectivity index (χ0) is 16.8. The van der Waals surface area contributed by atoms with Crippen LogP contribution in [0.2, 0.25) is 5.02 Å². The number of carbonyl (C=O) groups excluding carboxylic acids is 1. The molecule has 0 aliphatic carbocycles. The number of ether oxygens (including phenoxy) is 2. The fraction of sp³-hybridized carbons (Fsp3) is 0.278. The lowest BCUT2D eigenvalue weighted by atomic mass is 10.2. The average Bonchev–Trinajstić information content (AvgIpc) is 2.81. The summed E-state index contributed by atoms with van der Waals surface area (Å²) in [6.45, 7) is 1.28. The number of thioether (sulfide) groups is 1. The lowest BCUT2D eigenvalue weighted by Crippen LogP contribution is -2.12. The van der Waals surface area contributed by atoms with Crippen molar-refractivity contribution in [1.82, 2.24) is 0 Å². The first-order valence-electron chi connectivity index (χ1n) is 7.78. The average molecular weight is 364 g/mol. The highest BCUT2D eigenvalue weighted by Gasteiger charge is 2.11. The van der Waals surface area contributed by atoms with Crippen LogP contribution < -0.4 is 14.8 Å². The minimum atomic E-state index is -0.0223. The SMILES string of the molecule is O=C(CCSc1ccc(Cl)cc1)Nc1ccc2c(c1)OCCCO2. The molecule has 2 aromatic carbocycles. The fourth-order valence-corrected chi connectivity index (χ4v) is 3.23. The van der Waals surface area contributed by atoms with Crippen molar-refractivity contribution in [3.63, 3.8) is 0 Å². The van der Waals surface area contributed by atoms with Crippen LogP contribution >= 0.6 is 23.4 Å². The molecular weight excluding hydrogens is 346 g/mol. The Balaban J connectivity index is 1.49. The molecular formula is C18H18ClNO3S. The number of amides is 1. The molecule has 0 bridgehead atoms. The normalized spacial score (nSPS) is 13.2. The Hall–Kier alpha value is -1.85. The molecule has 0 saturated heterocycles. The molecule has 0 radical (unpaired) electrons. The predicted octanol–water partition coefficient (Wildman–Crippen LogP) is 4.62. The number of anilines is 1. The van der Waals surface area contributed by atoms with Crippen molar-refractivity contribution in [3.05, 3.63) is 47.5 Å². The summed E-state index contributed by atoms with van der Waals surface area (Å²) in [7, 11) is 0. The van der Waals surface area contributed by atoms with E-state index in [2.05, 4.69) is 5.32 Å². The van der Waals surface area contributed by atoms with E-state index in [9.17, 15) is 4.79 Å². The smallest absolute Gasteiger partial charge is 0.225 e. The van der Waals surface area contributed by atoms with Gasteiger partial charge in [0.05, 0.1) is 13.2 Å². The first-order chi connectivity index (χ1) is 11.7. The van der Waals surface area contributed by atoms with E-state index in [0.29, 0.717) is 36.2 Å². The van der Waals surface area contributed by atoms with Gasteiger partial charge in [0.15, 0.2) is 11.5 Å². The second-order valence-corrected chi connectivity index (χ2v) is 6.92. The summed E-state index contributed by atoms with van der Waals surface area (Å²) in [5.41, 5.74) is 0.723.